The van der Waals surface area contributed by atoms with Gasteiger partial charge >= 0.3 is 6.09 Å². The van der Waals surface area contributed by atoms with E-state index in [0.29, 0.717) is 5.56 Å². The van der Waals surface area contributed by atoms with Gasteiger partial charge in [-0.15, -0.1) is 0 Å². The standard InChI is InChI=1S/C16H16FNO2/c1-12(14-8-5-9-15(17)10-14)18-16(19)20-11-13-6-3-2-4-7-13/h2-10,12H,11H2,1H3,(H,18,19)/t12-/m0/s1. The summed E-state index contributed by atoms with van der Waals surface area (Å²) in [5.41, 5.74) is 1.61. The summed E-state index contributed by atoms with van der Waals surface area (Å²) in [6.45, 7) is 1.99. The van der Waals surface area contributed by atoms with Crippen molar-refractivity contribution >= 4 is 6.09 Å². The van der Waals surface area contributed by atoms with Crippen molar-refractivity contribution < 1.29 is 13.9 Å². The molecule has 20 heavy (non-hydrogen) atoms. The number of carbonyl (C=O) groups excluding carboxylic acids is 1. The Morgan fingerprint density at radius 3 is 2.65 bits per heavy atom. The molecule has 1 amide bonds. The zero-order valence-corrected chi connectivity index (χ0v) is 11.2. The van der Waals surface area contributed by atoms with Crippen LogP contribution in [0.3, 0.4) is 0 Å². The number of hydrogen-bond acceptors (Lipinski definition) is 2. The summed E-state index contributed by atoms with van der Waals surface area (Å²) in [5, 5.41) is 2.67. The number of rotatable bonds is 4. The minimum Gasteiger partial charge on any atom is -0.445 e. The van der Waals surface area contributed by atoms with Crippen LogP contribution in [-0.4, -0.2) is 6.09 Å². The lowest BCUT2D eigenvalue weighted by molar-refractivity contribution is 0.136. The Hall–Kier alpha value is -2.36. The first-order chi connectivity index (χ1) is 9.65. The van der Waals surface area contributed by atoms with Crippen LogP contribution < -0.4 is 5.32 Å². The van der Waals surface area contributed by atoms with Gasteiger partial charge in [0.25, 0.3) is 0 Å². The third-order valence-electron chi connectivity index (χ3n) is 2.90. The highest BCUT2D eigenvalue weighted by atomic mass is 19.1. The molecule has 3 nitrogen and oxygen atoms in total. The van der Waals surface area contributed by atoms with Gasteiger partial charge in [0.15, 0.2) is 0 Å². The molecule has 1 atom stereocenters. The minimum absolute atomic E-state index is 0.211. The minimum atomic E-state index is -0.523. The highest BCUT2D eigenvalue weighted by Gasteiger charge is 2.10. The van der Waals surface area contributed by atoms with Crippen LogP contribution in [-0.2, 0) is 11.3 Å². The van der Waals surface area contributed by atoms with Crippen LogP contribution >= 0.6 is 0 Å². The first kappa shape index (κ1) is 14.1. The second-order valence-electron chi connectivity index (χ2n) is 4.48. The molecule has 0 fully saturated rings. The fraction of sp³-hybridized carbons (Fsp3) is 0.188. The smallest absolute Gasteiger partial charge is 0.407 e. The monoisotopic (exact) mass is 273 g/mol. The van der Waals surface area contributed by atoms with Crippen molar-refractivity contribution in [1.82, 2.24) is 5.32 Å². The maximum atomic E-state index is 13.1. The molecule has 4 heteroatoms. The molecular weight excluding hydrogens is 257 g/mol. The zero-order chi connectivity index (χ0) is 14.4. The molecule has 0 aromatic heterocycles. The van der Waals surface area contributed by atoms with E-state index in [-0.39, 0.29) is 18.5 Å². The fourth-order valence-electron chi connectivity index (χ4n) is 1.80. The maximum Gasteiger partial charge on any atom is 0.407 e. The average Bonchev–Trinajstić information content (AvgIpc) is 2.46. The van der Waals surface area contributed by atoms with Crippen molar-refractivity contribution in [2.24, 2.45) is 0 Å². The van der Waals surface area contributed by atoms with E-state index in [4.69, 9.17) is 4.74 Å². The van der Waals surface area contributed by atoms with Gasteiger partial charge in [-0.1, -0.05) is 42.5 Å². The van der Waals surface area contributed by atoms with Gasteiger partial charge in [-0.25, -0.2) is 9.18 Å². The second kappa shape index (κ2) is 6.70. The number of hydrogen-bond donors (Lipinski definition) is 1. The lowest BCUT2D eigenvalue weighted by atomic mass is 10.1. The van der Waals surface area contributed by atoms with Crippen LogP contribution in [0.1, 0.15) is 24.1 Å². The second-order valence-corrected chi connectivity index (χ2v) is 4.48. The van der Waals surface area contributed by atoms with Gasteiger partial charge in [-0.05, 0) is 30.2 Å². The number of halogens is 1. The molecule has 0 spiro atoms. The molecule has 0 bridgehead atoms. The first-order valence-corrected chi connectivity index (χ1v) is 6.38. The summed E-state index contributed by atoms with van der Waals surface area (Å²) in [4.78, 5) is 11.7. The number of amides is 1. The molecule has 0 unspecified atom stereocenters. The van der Waals surface area contributed by atoms with Crippen LogP contribution in [0, 0.1) is 5.82 Å². The van der Waals surface area contributed by atoms with E-state index in [1.54, 1.807) is 19.1 Å². The van der Waals surface area contributed by atoms with Crippen LogP contribution in [0.5, 0.6) is 0 Å². The molecule has 2 rings (SSSR count). The lowest BCUT2D eigenvalue weighted by Gasteiger charge is -2.14. The predicted molar refractivity (Wildman–Crippen MR) is 74.6 cm³/mol. The normalized spacial score (nSPS) is 11.7. The van der Waals surface area contributed by atoms with Gasteiger partial charge in [-0.3, -0.25) is 0 Å². The molecule has 0 aliphatic heterocycles. The quantitative estimate of drug-likeness (QED) is 0.919. The molecule has 0 heterocycles. The largest absolute Gasteiger partial charge is 0.445 e. The molecule has 104 valence electrons. The highest BCUT2D eigenvalue weighted by Crippen LogP contribution is 2.13. The molecule has 0 aliphatic carbocycles. The van der Waals surface area contributed by atoms with Gasteiger partial charge in [0.05, 0.1) is 6.04 Å². The fourth-order valence-corrected chi connectivity index (χ4v) is 1.80. The summed E-state index contributed by atoms with van der Waals surface area (Å²) in [5.74, 6) is -0.325. The van der Waals surface area contributed by atoms with Crippen molar-refractivity contribution in [2.45, 2.75) is 19.6 Å². The first-order valence-electron chi connectivity index (χ1n) is 6.38. The van der Waals surface area contributed by atoms with E-state index in [1.807, 2.05) is 30.3 Å². The summed E-state index contributed by atoms with van der Waals surface area (Å²) < 4.78 is 18.2. The number of nitrogens with one attached hydrogen (secondary N) is 1. The lowest BCUT2D eigenvalue weighted by Crippen LogP contribution is -2.27. The Morgan fingerprint density at radius 2 is 1.95 bits per heavy atom. The molecule has 2 aromatic carbocycles. The summed E-state index contributed by atoms with van der Waals surface area (Å²) in [7, 11) is 0. The van der Waals surface area contributed by atoms with E-state index < -0.39 is 6.09 Å². The molecule has 2 aromatic rings. The molecule has 0 aliphatic rings. The molecular formula is C16H16FNO2. The van der Waals surface area contributed by atoms with Crippen molar-refractivity contribution in [2.75, 3.05) is 0 Å². The topological polar surface area (TPSA) is 38.3 Å². The zero-order valence-electron chi connectivity index (χ0n) is 11.2. The predicted octanol–water partition coefficient (Wildman–Crippen LogP) is 3.81. The summed E-state index contributed by atoms with van der Waals surface area (Å²) in [6.07, 6.45) is -0.523. The van der Waals surface area contributed by atoms with Crippen molar-refractivity contribution in [3.63, 3.8) is 0 Å². The molecule has 1 N–H and O–H groups in total. The van der Waals surface area contributed by atoms with Crippen molar-refractivity contribution in [3.8, 4) is 0 Å². The van der Waals surface area contributed by atoms with Gasteiger partial charge in [0.1, 0.15) is 12.4 Å². The Labute approximate surface area is 117 Å². The molecule has 0 saturated carbocycles. The average molecular weight is 273 g/mol. The third-order valence-corrected chi connectivity index (χ3v) is 2.90. The van der Waals surface area contributed by atoms with E-state index in [2.05, 4.69) is 5.32 Å². The number of benzene rings is 2. The van der Waals surface area contributed by atoms with Crippen molar-refractivity contribution in [1.29, 1.82) is 0 Å². The number of alkyl carbamates (subject to hydrolysis) is 1. The Balaban J connectivity index is 1.85. The molecule has 0 radical (unpaired) electrons. The van der Waals surface area contributed by atoms with E-state index >= 15 is 0 Å². The third kappa shape index (κ3) is 4.09. The van der Waals surface area contributed by atoms with Gasteiger partial charge in [0, 0.05) is 0 Å². The van der Waals surface area contributed by atoms with Gasteiger partial charge in [-0.2, -0.15) is 0 Å². The summed E-state index contributed by atoms with van der Waals surface area (Å²) >= 11 is 0. The highest BCUT2D eigenvalue weighted by molar-refractivity contribution is 5.67. The van der Waals surface area contributed by atoms with E-state index in [9.17, 15) is 9.18 Å². The Kier molecular flexibility index (Phi) is 4.71. The summed E-state index contributed by atoms with van der Waals surface area (Å²) in [6, 6.07) is 15.2. The Bertz CT molecular complexity index is 572. The SMILES string of the molecule is C[C@H](NC(=O)OCc1ccccc1)c1cccc(F)c1. The molecule has 0 saturated heterocycles. The Morgan fingerprint density at radius 1 is 1.20 bits per heavy atom. The van der Waals surface area contributed by atoms with Crippen molar-refractivity contribution in [3.05, 3.63) is 71.5 Å². The van der Waals surface area contributed by atoms with Crippen LogP contribution in [0.15, 0.2) is 54.6 Å². The maximum absolute atomic E-state index is 13.1. The van der Waals surface area contributed by atoms with E-state index in [1.165, 1.54) is 12.1 Å². The van der Waals surface area contributed by atoms with Crippen LogP contribution in [0.4, 0.5) is 9.18 Å². The van der Waals surface area contributed by atoms with Crippen LogP contribution in [0.2, 0.25) is 0 Å². The van der Waals surface area contributed by atoms with Gasteiger partial charge < -0.3 is 10.1 Å². The number of carbonyl (C=O) groups is 1. The number of ether oxygens (including phenoxy) is 1. The van der Waals surface area contributed by atoms with E-state index in [0.717, 1.165) is 5.56 Å². The van der Waals surface area contributed by atoms with Gasteiger partial charge in [0.2, 0.25) is 0 Å². The van der Waals surface area contributed by atoms with Crippen LogP contribution in [0.25, 0.3) is 0 Å².